The first-order valence-corrected chi connectivity index (χ1v) is 8.69. The van der Waals surface area contributed by atoms with Gasteiger partial charge in [-0.25, -0.2) is 4.39 Å². The maximum atomic E-state index is 14.0. The van der Waals surface area contributed by atoms with E-state index >= 15 is 0 Å². The highest BCUT2D eigenvalue weighted by Crippen LogP contribution is 2.19. The normalized spacial score (nSPS) is 15.4. The number of rotatable bonds is 7. The summed E-state index contributed by atoms with van der Waals surface area (Å²) in [4.78, 5) is 2.27. The second-order valence-corrected chi connectivity index (χ2v) is 6.22. The van der Waals surface area contributed by atoms with Crippen molar-refractivity contribution in [3.63, 3.8) is 0 Å². The van der Waals surface area contributed by atoms with Crippen molar-refractivity contribution in [2.75, 3.05) is 32.8 Å². The summed E-state index contributed by atoms with van der Waals surface area (Å²) >= 11 is 0. The van der Waals surface area contributed by atoms with Crippen LogP contribution in [-0.2, 0) is 13.0 Å². The van der Waals surface area contributed by atoms with Crippen molar-refractivity contribution in [2.45, 2.75) is 19.4 Å². The van der Waals surface area contributed by atoms with Gasteiger partial charge in [0.05, 0.1) is 6.61 Å². The van der Waals surface area contributed by atoms with Gasteiger partial charge in [-0.15, -0.1) is 0 Å². The van der Waals surface area contributed by atoms with Crippen LogP contribution in [0.1, 0.15) is 17.5 Å². The van der Waals surface area contributed by atoms with Gasteiger partial charge in [-0.3, -0.25) is 4.90 Å². The molecule has 0 bridgehead atoms. The summed E-state index contributed by atoms with van der Waals surface area (Å²) in [7, 11) is 0. The monoisotopic (exact) mass is 328 g/mol. The van der Waals surface area contributed by atoms with Crippen LogP contribution >= 0.6 is 0 Å². The van der Waals surface area contributed by atoms with Gasteiger partial charge < -0.3 is 10.1 Å². The Bertz CT molecular complexity index is 627. The van der Waals surface area contributed by atoms with Crippen LogP contribution in [-0.4, -0.2) is 37.7 Å². The van der Waals surface area contributed by atoms with E-state index in [1.165, 1.54) is 11.6 Å². The van der Waals surface area contributed by atoms with Gasteiger partial charge in [0, 0.05) is 38.3 Å². The molecule has 0 aromatic heterocycles. The second kappa shape index (κ2) is 8.81. The molecule has 0 atom stereocenters. The van der Waals surface area contributed by atoms with E-state index in [9.17, 15) is 4.39 Å². The van der Waals surface area contributed by atoms with Gasteiger partial charge in [-0.2, -0.15) is 0 Å². The van der Waals surface area contributed by atoms with E-state index in [4.69, 9.17) is 4.74 Å². The van der Waals surface area contributed by atoms with Gasteiger partial charge in [-0.05, 0) is 36.6 Å². The van der Waals surface area contributed by atoms with Crippen LogP contribution in [0.25, 0.3) is 0 Å². The molecule has 0 spiro atoms. The average Bonchev–Trinajstić information content (AvgIpc) is 2.63. The Hall–Kier alpha value is -1.91. The largest absolute Gasteiger partial charge is 0.494 e. The molecule has 1 fully saturated rings. The average molecular weight is 328 g/mol. The molecular formula is C20H25FN2O. The van der Waals surface area contributed by atoms with Gasteiger partial charge >= 0.3 is 0 Å². The second-order valence-electron chi connectivity index (χ2n) is 6.22. The Morgan fingerprint density at radius 3 is 2.62 bits per heavy atom. The zero-order valence-corrected chi connectivity index (χ0v) is 14.0. The first-order chi connectivity index (χ1) is 11.8. The van der Waals surface area contributed by atoms with Gasteiger partial charge in [0.1, 0.15) is 11.6 Å². The van der Waals surface area contributed by atoms with Crippen molar-refractivity contribution in [3.05, 3.63) is 65.5 Å². The molecule has 0 radical (unpaired) electrons. The lowest BCUT2D eigenvalue weighted by atomic mass is 10.1. The third kappa shape index (κ3) is 5.05. The zero-order valence-electron chi connectivity index (χ0n) is 14.0. The Kier molecular flexibility index (Phi) is 6.21. The maximum Gasteiger partial charge on any atom is 0.127 e. The molecule has 1 saturated heterocycles. The maximum absolute atomic E-state index is 14.0. The van der Waals surface area contributed by atoms with Crippen LogP contribution in [0.15, 0.2) is 48.5 Å². The number of aryl methyl sites for hydroxylation is 1. The fraction of sp³-hybridized carbons (Fsp3) is 0.400. The SMILES string of the molecule is Fc1ccc(OCCCc2ccccc2)cc1CN1CCNCC1. The highest BCUT2D eigenvalue weighted by Gasteiger charge is 2.13. The summed E-state index contributed by atoms with van der Waals surface area (Å²) in [5, 5.41) is 3.31. The minimum Gasteiger partial charge on any atom is -0.494 e. The van der Waals surface area contributed by atoms with E-state index in [1.54, 1.807) is 6.07 Å². The molecule has 2 aromatic rings. The van der Waals surface area contributed by atoms with Crippen molar-refractivity contribution in [2.24, 2.45) is 0 Å². The number of hydrogen-bond donors (Lipinski definition) is 1. The van der Waals surface area contributed by atoms with E-state index in [2.05, 4.69) is 34.5 Å². The number of nitrogens with one attached hydrogen (secondary N) is 1. The summed E-state index contributed by atoms with van der Waals surface area (Å²) in [5.74, 6) is 0.611. The van der Waals surface area contributed by atoms with Crippen molar-refractivity contribution in [1.82, 2.24) is 10.2 Å². The standard InChI is InChI=1S/C20H25FN2O/c21-20-9-8-19(15-18(20)16-23-12-10-22-11-13-23)24-14-4-7-17-5-2-1-3-6-17/h1-3,5-6,8-9,15,22H,4,7,10-14,16H2. The lowest BCUT2D eigenvalue weighted by Crippen LogP contribution is -2.43. The summed E-state index contributed by atoms with van der Waals surface area (Å²) in [6, 6.07) is 15.5. The summed E-state index contributed by atoms with van der Waals surface area (Å²) in [6.45, 7) is 5.15. The minimum atomic E-state index is -0.148. The van der Waals surface area contributed by atoms with Crippen molar-refractivity contribution < 1.29 is 9.13 Å². The fourth-order valence-electron chi connectivity index (χ4n) is 2.98. The van der Waals surface area contributed by atoms with E-state index in [-0.39, 0.29) is 5.82 Å². The smallest absolute Gasteiger partial charge is 0.127 e. The number of nitrogens with zero attached hydrogens (tertiary/aromatic N) is 1. The Morgan fingerprint density at radius 1 is 1.04 bits per heavy atom. The minimum absolute atomic E-state index is 0.148. The fourth-order valence-corrected chi connectivity index (χ4v) is 2.98. The van der Waals surface area contributed by atoms with Crippen LogP contribution in [0.2, 0.25) is 0 Å². The number of ether oxygens (including phenoxy) is 1. The lowest BCUT2D eigenvalue weighted by Gasteiger charge is -2.27. The van der Waals surface area contributed by atoms with Crippen LogP contribution in [0.4, 0.5) is 4.39 Å². The van der Waals surface area contributed by atoms with Gasteiger partial charge in [-0.1, -0.05) is 30.3 Å². The van der Waals surface area contributed by atoms with E-state index < -0.39 is 0 Å². The quantitative estimate of drug-likeness (QED) is 0.790. The first kappa shape index (κ1) is 16.9. The van der Waals surface area contributed by atoms with E-state index in [0.717, 1.165) is 50.3 Å². The molecule has 1 aliphatic rings. The number of piperazine rings is 1. The first-order valence-electron chi connectivity index (χ1n) is 8.69. The molecule has 0 aliphatic carbocycles. The molecule has 0 amide bonds. The number of hydrogen-bond acceptors (Lipinski definition) is 3. The van der Waals surface area contributed by atoms with Gasteiger partial charge in [0.25, 0.3) is 0 Å². The summed E-state index contributed by atoms with van der Waals surface area (Å²) in [5.41, 5.74) is 2.04. The van der Waals surface area contributed by atoms with Crippen LogP contribution in [0.3, 0.4) is 0 Å². The Balaban J connectivity index is 1.49. The van der Waals surface area contributed by atoms with E-state index in [0.29, 0.717) is 13.2 Å². The Morgan fingerprint density at radius 2 is 1.83 bits per heavy atom. The lowest BCUT2D eigenvalue weighted by molar-refractivity contribution is 0.229. The topological polar surface area (TPSA) is 24.5 Å². The van der Waals surface area contributed by atoms with Crippen LogP contribution < -0.4 is 10.1 Å². The molecule has 1 aliphatic heterocycles. The molecule has 24 heavy (non-hydrogen) atoms. The third-order valence-corrected chi connectivity index (χ3v) is 4.34. The molecular weight excluding hydrogens is 303 g/mol. The van der Waals surface area contributed by atoms with Crippen LogP contribution in [0.5, 0.6) is 5.75 Å². The highest BCUT2D eigenvalue weighted by atomic mass is 19.1. The van der Waals surface area contributed by atoms with Crippen molar-refractivity contribution in [3.8, 4) is 5.75 Å². The van der Waals surface area contributed by atoms with Gasteiger partial charge in [0.15, 0.2) is 0 Å². The molecule has 0 saturated carbocycles. The zero-order chi connectivity index (χ0) is 16.6. The summed E-state index contributed by atoms with van der Waals surface area (Å²) in [6.07, 6.45) is 1.95. The van der Waals surface area contributed by atoms with Gasteiger partial charge in [0.2, 0.25) is 0 Å². The van der Waals surface area contributed by atoms with E-state index in [1.807, 2.05) is 12.1 Å². The van der Waals surface area contributed by atoms with Crippen LogP contribution in [0, 0.1) is 5.82 Å². The molecule has 3 rings (SSSR count). The molecule has 128 valence electrons. The molecule has 1 heterocycles. The summed E-state index contributed by atoms with van der Waals surface area (Å²) < 4.78 is 19.9. The number of halogens is 1. The molecule has 2 aromatic carbocycles. The molecule has 4 heteroatoms. The third-order valence-electron chi connectivity index (χ3n) is 4.34. The molecule has 3 nitrogen and oxygen atoms in total. The van der Waals surface area contributed by atoms with Crippen molar-refractivity contribution >= 4 is 0 Å². The molecule has 0 unspecified atom stereocenters. The predicted octanol–water partition coefficient (Wildman–Crippen LogP) is 3.24. The van der Waals surface area contributed by atoms with Crippen molar-refractivity contribution in [1.29, 1.82) is 0 Å². The Labute approximate surface area is 143 Å². The predicted molar refractivity (Wildman–Crippen MR) is 94.8 cm³/mol. The molecule has 1 N–H and O–H groups in total. The number of benzene rings is 2. The highest BCUT2D eigenvalue weighted by molar-refractivity contribution is 5.30.